The summed E-state index contributed by atoms with van der Waals surface area (Å²) in [5.41, 5.74) is 3.65. The molecule has 1 aliphatic rings. The molecule has 0 fully saturated rings. The predicted octanol–water partition coefficient (Wildman–Crippen LogP) is 1.45. The molecule has 0 unspecified atom stereocenters. The average molecular weight is 305 g/mol. The summed E-state index contributed by atoms with van der Waals surface area (Å²) in [6.07, 6.45) is 4.54. The number of benzene rings is 1. The van der Waals surface area contributed by atoms with E-state index < -0.39 is 6.03 Å². The summed E-state index contributed by atoms with van der Waals surface area (Å²) in [6, 6.07) is 5.62. The molecule has 1 aromatic rings. The van der Waals surface area contributed by atoms with Gasteiger partial charge in [-0.15, -0.1) is 0 Å². The maximum atomic E-state index is 11.8. The molecule has 0 aliphatic heterocycles. The second-order valence-corrected chi connectivity index (χ2v) is 5.30. The predicted molar refractivity (Wildman–Crippen MR) is 85.0 cm³/mol. The van der Waals surface area contributed by atoms with Gasteiger partial charge in [-0.3, -0.25) is 10.1 Å². The second-order valence-electron chi connectivity index (χ2n) is 5.30. The highest BCUT2D eigenvalue weighted by molar-refractivity contribution is 5.96. The summed E-state index contributed by atoms with van der Waals surface area (Å²) < 4.78 is 4.82. The van der Waals surface area contributed by atoms with Crippen LogP contribution in [0.5, 0.6) is 0 Å². The zero-order valence-corrected chi connectivity index (χ0v) is 12.9. The van der Waals surface area contributed by atoms with Gasteiger partial charge in [0.25, 0.3) is 0 Å². The van der Waals surface area contributed by atoms with Crippen molar-refractivity contribution in [2.75, 3.05) is 32.1 Å². The van der Waals surface area contributed by atoms with Crippen molar-refractivity contribution in [2.45, 2.75) is 25.7 Å². The Hall–Kier alpha value is -2.08. The van der Waals surface area contributed by atoms with Crippen LogP contribution in [-0.2, 0) is 22.4 Å². The number of rotatable bonds is 6. The molecule has 22 heavy (non-hydrogen) atoms. The van der Waals surface area contributed by atoms with E-state index in [2.05, 4.69) is 22.0 Å². The largest absolute Gasteiger partial charge is 0.383 e. The molecule has 3 amide bonds. The number of ether oxygens (including phenoxy) is 1. The molecule has 0 atom stereocenters. The van der Waals surface area contributed by atoms with Gasteiger partial charge in [0.1, 0.15) is 0 Å². The number of imide groups is 1. The van der Waals surface area contributed by atoms with Crippen molar-refractivity contribution in [2.24, 2.45) is 0 Å². The molecule has 0 saturated carbocycles. The van der Waals surface area contributed by atoms with Crippen LogP contribution in [0.3, 0.4) is 0 Å². The maximum absolute atomic E-state index is 11.8. The van der Waals surface area contributed by atoms with Gasteiger partial charge in [-0.25, -0.2) is 4.79 Å². The third-order valence-electron chi connectivity index (χ3n) is 3.68. The highest BCUT2D eigenvalue weighted by Crippen LogP contribution is 2.27. The standard InChI is InChI=1S/C16H23N3O3/c1-22-10-9-17-16(21)19-15(20)11-18-14-8-4-6-12-5-2-3-7-13(12)14/h4,6,8,18H,2-3,5,7,9-11H2,1H3,(H2,17,19,20,21). The van der Waals surface area contributed by atoms with E-state index in [1.165, 1.54) is 24.0 Å². The molecule has 0 spiro atoms. The van der Waals surface area contributed by atoms with Crippen LogP contribution >= 0.6 is 0 Å². The van der Waals surface area contributed by atoms with Crippen molar-refractivity contribution < 1.29 is 14.3 Å². The molecular weight excluding hydrogens is 282 g/mol. The first-order valence-corrected chi connectivity index (χ1v) is 7.62. The van der Waals surface area contributed by atoms with E-state index >= 15 is 0 Å². The monoisotopic (exact) mass is 305 g/mol. The first kappa shape index (κ1) is 16.3. The summed E-state index contributed by atoms with van der Waals surface area (Å²) in [5, 5.41) is 7.95. The fraction of sp³-hybridized carbons (Fsp3) is 0.500. The highest BCUT2D eigenvalue weighted by atomic mass is 16.5. The van der Waals surface area contributed by atoms with Gasteiger partial charge in [-0.05, 0) is 42.9 Å². The Bertz CT molecular complexity index is 531. The zero-order valence-electron chi connectivity index (χ0n) is 12.9. The van der Waals surface area contributed by atoms with Crippen LogP contribution in [0.15, 0.2) is 18.2 Å². The van der Waals surface area contributed by atoms with Gasteiger partial charge in [0.05, 0.1) is 13.2 Å². The number of aryl methyl sites for hydroxylation is 1. The van der Waals surface area contributed by atoms with Gasteiger partial charge in [-0.2, -0.15) is 0 Å². The van der Waals surface area contributed by atoms with E-state index in [4.69, 9.17) is 4.74 Å². The average Bonchev–Trinajstić information content (AvgIpc) is 2.53. The molecule has 6 heteroatoms. The van der Waals surface area contributed by atoms with Gasteiger partial charge in [-0.1, -0.05) is 12.1 Å². The Labute approximate surface area is 130 Å². The Morgan fingerprint density at radius 1 is 1.23 bits per heavy atom. The first-order chi connectivity index (χ1) is 10.7. The molecule has 1 aromatic carbocycles. The quantitative estimate of drug-likeness (QED) is 0.695. The maximum Gasteiger partial charge on any atom is 0.321 e. The minimum absolute atomic E-state index is 0.0775. The minimum Gasteiger partial charge on any atom is -0.383 e. The van der Waals surface area contributed by atoms with Crippen molar-refractivity contribution in [3.8, 4) is 0 Å². The molecular formula is C16H23N3O3. The molecule has 0 saturated heterocycles. The summed E-state index contributed by atoms with van der Waals surface area (Å²) in [4.78, 5) is 23.2. The number of carbonyl (C=O) groups is 2. The molecule has 0 aromatic heterocycles. The number of urea groups is 1. The number of anilines is 1. The summed E-state index contributed by atoms with van der Waals surface area (Å²) >= 11 is 0. The number of amides is 3. The van der Waals surface area contributed by atoms with Crippen LogP contribution in [0.1, 0.15) is 24.0 Å². The van der Waals surface area contributed by atoms with Crippen LogP contribution in [0, 0.1) is 0 Å². The number of methoxy groups -OCH3 is 1. The third kappa shape index (κ3) is 4.73. The summed E-state index contributed by atoms with van der Waals surface area (Å²) in [5.74, 6) is -0.358. The lowest BCUT2D eigenvalue weighted by atomic mass is 9.90. The number of nitrogens with one attached hydrogen (secondary N) is 3. The molecule has 2 rings (SSSR count). The van der Waals surface area contributed by atoms with E-state index in [0.717, 1.165) is 18.5 Å². The molecule has 3 N–H and O–H groups in total. The van der Waals surface area contributed by atoms with Crippen molar-refractivity contribution in [3.63, 3.8) is 0 Å². The van der Waals surface area contributed by atoms with Crippen molar-refractivity contribution >= 4 is 17.6 Å². The Morgan fingerprint density at radius 2 is 2.05 bits per heavy atom. The smallest absolute Gasteiger partial charge is 0.321 e. The fourth-order valence-electron chi connectivity index (χ4n) is 2.60. The molecule has 0 bridgehead atoms. The van der Waals surface area contributed by atoms with Crippen molar-refractivity contribution in [1.29, 1.82) is 0 Å². The lowest BCUT2D eigenvalue weighted by Crippen LogP contribution is -2.43. The van der Waals surface area contributed by atoms with Gasteiger partial charge >= 0.3 is 6.03 Å². The Kier molecular flexibility index (Phi) is 6.21. The molecule has 0 heterocycles. The fourth-order valence-corrected chi connectivity index (χ4v) is 2.60. The lowest BCUT2D eigenvalue weighted by molar-refractivity contribution is -0.118. The molecule has 0 radical (unpaired) electrons. The number of hydrogen-bond acceptors (Lipinski definition) is 4. The van der Waals surface area contributed by atoms with Crippen LogP contribution in [-0.4, -0.2) is 38.7 Å². The van der Waals surface area contributed by atoms with E-state index in [-0.39, 0.29) is 12.5 Å². The molecule has 1 aliphatic carbocycles. The summed E-state index contributed by atoms with van der Waals surface area (Å²) in [7, 11) is 1.55. The molecule has 120 valence electrons. The topological polar surface area (TPSA) is 79.5 Å². The molecule has 6 nitrogen and oxygen atoms in total. The van der Waals surface area contributed by atoms with Crippen LogP contribution in [0.2, 0.25) is 0 Å². The van der Waals surface area contributed by atoms with Crippen molar-refractivity contribution in [1.82, 2.24) is 10.6 Å². The Morgan fingerprint density at radius 3 is 2.86 bits per heavy atom. The number of fused-ring (bicyclic) bond motifs is 1. The first-order valence-electron chi connectivity index (χ1n) is 7.62. The SMILES string of the molecule is COCCNC(=O)NC(=O)CNc1cccc2c1CCCC2. The normalized spacial score (nSPS) is 13.1. The minimum atomic E-state index is -0.501. The van der Waals surface area contributed by atoms with E-state index in [1.54, 1.807) is 7.11 Å². The zero-order chi connectivity index (χ0) is 15.8. The number of carbonyl (C=O) groups excluding carboxylic acids is 2. The van der Waals surface area contributed by atoms with Crippen LogP contribution in [0.25, 0.3) is 0 Å². The van der Waals surface area contributed by atoms with Gasteiger partial charge in [0, 0.05) is 19.3 Å². The van der Waals surface area contributed by atoms with Gasteiger partial charge in [0.2, 0.25) is 5.91 Å². The Balaban J connectivity index is 1.80. The third-order valence-corrected chi connectivity index (χ3v) is 3.68. The second kappa shape index (κ2) is 8.38. The summed E-state index contributed by atoms with van der Waals surface area (Å²) in [6.45, 7) is 0.861. The van der Waals surface area contributed by atoms with Crippen LogP contribution in [0.4, 0.5) is 10.5 Å². The number of hydrogen-bond donors (Lipinski definition) is 3. The van der Waals surface area contributed by atoms with E-state index in [1.807, 2.05) is 12.1 Å². The highest BCUT2D eigenvalue weighted by Gasteiger charge is 2.13. The van der Waals surface area contributed by atoms with Crippen molar-refractivity contribution in [3.05, 3.63) is 29.3 Å². The van der Waals surface area contributed by atoms with E-state index in [0.29, 0.717) is 13.2 Å². The van der Waals surface area contributed by atoms with E-state index in [9.17, 15) is 9.59 Å². The van der Waals surface area contributed by atoms with Gasteiger partial charge < -0.3 is 15.4 Å². The van der Waals surface area contributed by atoms with Crippen LogP contribution < -0.4 is 16.0 Å². The van der Waals surface area contributed by atoms with Gasteiger partial charge in [0.15, 0.2) is 0 Å². The lowest BCUT2D eigenvalue weighted by Gasteiger charge is -2.20.